The molecular weight excluding hydrogens is 261 g/mol. The first kappa shape index (κ1) is 12.6. The number of hydrogen-bond acceptors (Lipinski definition) is 2. The summed E-state index contributed by atoms with van der Waals surface area (Å²) >= 11 is 3.35. The Morgan fingerprint density at radius 3 is 2.80 bits per heavy atom. The molecule has 0 bridgehead atoms. The first-order valence-electron chi connectivity index (χ1n) is 4.86. The molecule has 0 aromatic heterocycles. The van der Waals surface area contributed by atoms with Crippen LogP contribution < -0.4 is 5.32 Å². The molecule has 84 valence electrons. The predicted octanol–water partition coefficient (Wildman–Crippen LogP) is 2.89. The molecule has 0 fully saturated rings. The Hall–Kier alpha value is -0.450. The zero-order valence-electron chi connectivity index (χ0n) is 8.89. The third-order valence-corrected chi connectivity index (χ3v) is 2.81. The molecule has 1 N–H and O–H groups in total. The lowest BCUT2D eigenvalue weighted by Crippen LogP contribution is -2.25. The monoisotopic (exact) mass is 275 g/mol. The fourth-order valence-corrected chi connectivity index (χ4v) is 2.08. The van der Waals surface area contributed by atoms with E-state index >= 15 is 0 Å². The van der Waals surface area contributed by atoms with Gasteiger partial charge in [0.15, 0.2) is 0 Å². The summed E-state index contributed by atoms with van der Waals surface area (Å²) in [7, 11) is 1.65. The van der Waals surface area contributed by atoms with Gasteiger partial charge in [-0.1, -0.05) is 28.9 Å². The van der Waals surface area contributed by atoms with Gasteiger partial charge in [-0.15, -0.1) is 0 Å². The van der Waals surface area contributed by atoms with E-state index in [1.807, 2.05) is 6.92 Å². The summed E-state index contributed by atoms with van der Waals surface area (Å²) < 4.78 is 18.8. The van der Waals surface area contributed by atoms with Crippen LogP contribution in [0.15, 0.2) is 22.7 Å². The number of rotatable bonds is 5. The summed E-state index contributed by atoms with van der Waals surface area (Å²) in [6.07, 6.45) is 0. The highest BCUT2D eigenvalue weighted by Gasteiger charge is 2.13. The van der Waals surface area contributed by atoms with Gasteiger partial charge in [0, 0.05) is 11.6 Å². The van der Waals surface area contributed by atoms with Gasteiger partial charge in [0.2, 0.25) is 0 Å². The normalized spacial score (nSPS) is 12.8. The van der Waals surface area contributed by atoms with Gasteiger partial charge in [0.05, 0.1) is 12.6 Å². The highest BCUT2D eigenvalue weighted by Crippen LogP contribution is 2.24. The molecule has 0 heterocycles. The number of ether oxygens (including phenoxy) is 1. The van der Waals surface area contributed by atoms with E-state index in [4.69, 9.17) is 4.74 Å². The minimum absolute atomic E-state index is 0.0926. The van der Waals surface area contributed by atoms with Crippen LogP contribution in [0.2, 0.25) is 0 Å². The molecule has 4 heteroatoms. The van der Waals surface area contributed by atoms with Gasteiger partial charge in [-0.2, -0.15) is 0 Å². The Bertz CT molecular complexity index is 313. The van der Waals surface area contributed by atoms with E-state index in [2.05, 4.69) is 21.2 Å². The second kappa shape index (κ2) is 6.20. The average Bonchev–Trinajstić information content (AvgIpc) is 2.17. The minimum atomic E-state index is -0.238. The minimum Gasteiger partial charge on any atom is -0.383 e. The molecule has 1 rings (SSSR count). The summed E-state index contributed by atoms with van der Waals surface area (Å²) in [5, 5.41) is 3.28. The Balaban J connectivity index is 2.89. The van der Waals surface area contributed by atoms with E-state index in [0.29, 0.717) is 6.61 Å². The topological polar surface area (TPSA) is 21.3 Å². The Morgan fingerprint density at radius 1 is 1.53 bits per heavy atom. The molecule has 0 saturated carbocycles. The van der Waals surface area contributed by atoms with Gasteiger partial charge < -0.3 is 10.1 Å². The summed E-state index contributed by atoms with van der Waals surface area (Å²) in [6, 6.07) is 4.79. The summed E-state index contributed by atoms with van der Waals surface area (Å²) in [5.74, 6) is -0.238. The maximum atomic E-state index is 12.9. The fourth-order valence-electron chi connectivity index (χ4n) is 1.46. The molecule has 1 atom stereocenters. The second-order valence-corrected chi connectivity index (χ2v) is 4.09. The molecule has 1 unspecified atom stereocenters. The molecule has 0 aliphatic rings. The van der Waals surface area contributed by atoms with Gasteiger partial charge in [0.1, 0.15) is 5.82 Å². The zero-order chi connectivity index (χ0) is 11.3. The van der Waals surface area contributed by atoms with Gasteiger partial charge in [-0.25, -0.2) is 4.39 Å². The van der Waals surface area contributed by atoms with E-state index in [0.717, 1.165) is 16.6 Å². The number of halogens is 2. The lowest BCUT2D eigenvalue weighted by Gasteiger charge is -2.18. The first-order chi connectivity index (χ1) is 7.19. The van der Waals surface area contributed by atoms with Crippen LogP contribution in [0.5, 0.6) is 0 Å². The molecule has 0 spiro atoms. The Labute approximate surface area is 98.0 Å². The van der Waals surface area contributed by atoms with Crippen molar-refractivity contribution in [1.82, 2.24) is 5.32 Å². The van der Waals surface area contributed by atoms with Crippen LogP contribution in [0.3, 0.4) is 0 Å². The number of benzene rings is 1. The average molecular weight is 276 g/mol. The van der Waals surface area contributed by atoms with Crippen molar-refractivity contribution in [3.8, 4) is 0 Å². The number of nitrogens with one attached hydrogen (secondary N) is 1. The van der Waals surface area contributed by atoms with E-state index in [-0.39, 0.29) is 11.9 Å². The number of methoxy groups -OCH3 is 1. The SMILES string of the molecule is CCNC(COC)c1ccc(F)cc1Br. The molecule has 2 nitrogen and oxygen atoms in total. The Morgan fingerprint density at radius 2 is 2.27 bits per heavy atom. The van der Waals surface area contributed by atoms with E-state index in [1.54, 1.807) is 13.2 Å². The third kappa shape index (κ3) is 3.55. The quantitative estimate of drug-likeness (QED) is 0.892. The highest BCUT2D eigenvalue weighted by atomic mass is 79.9. The van der Waals surface area contributed by atoms with Crippen LogP contribution in [-0.2, 0) is 4.74 Å². The maximum Gasteiger partial charge on any atom is 0.124 e. The smallest absolute Gasteiger partial charge is 0.124 e. The Kier molecular flexibility index (Phi) is 5.22. The third-order valence-electron chi connectivity index (χ3n) is 2.12. The van der Waals surface area contributed by atoms with Crippen molar-refractivity contribution in [2.24, 2.45) is 0 Å². The maximum absolute atomic E-state index is 12.9. The van der Waals surface area contributed by atoms with Crippen LogP contribution in [0.1, 0.15) is 18.5 Å². The predicted molar refractivity (Wildman–Crippen MR) is 62.4 cm³/mol. The molecule has 0 aliphatic heterocycles. The van der Waals surface area contributed by atoms with E-state index in [1.165, 1.54) is 12.1 Å². The molecule has 1 aromatic rings. The van der Waals surface area contributed by atoms with Crippen molar-refractivity contribution in [3.63, 3.8) is 0 Å². The van der Waals surface area contributed by atoms with Gasteiger partial charge in [0.25, 0.3) is 0 Å². The molecule has 0 saturated heterocycles. The highest BCUT2D eigenvalue weighted by molar-refractivity contribution is 9.10. The van der Waals surface area contributed by atoms with Gasteiger partial charge in [-0.05, 0) is 24.2 Å². The van der Waals surface area contributed by atoms with Crippen LogP contribution >= 0.6 is 15.9 Å². The van der Waals surface area contributed by atoms with Gasteiger partial charge >= 0.3 is 0 Å². The van der Waals surface area contributed by atoms with Crippen molar-refractivity contribution in [1.29, 1.82) is 0 Å². The van der Waals surface area contributed by atoms with Crippen LogP contribution in [0, 0.1) is 5.82 Å². The number of likely N-dealkylation sites (N-methyl/N-ethyl adjacent to an activating group) is 1. The lowest BCUT2D eigenvalue weighted by atomic mass is 10.1. The molecule has 0 aliphatic carbocycles. The number of hydrogen-bond donors (Lipinski definition) is 1. The second-order valence-electron chi connectivity index (χ2n) is 3.23. The van der Waals surface area contributed by atoms with Crippen molar-refractivity contribution < 1.29 is 9.13 Å². The lowest BCUT2D eigenvalue weighted by molar-refractivity contribution is 0.167. The molecule has 1 aromatic carbocycles. The van der Waals surface area contributed by atoms with Crippen molar-refractivity contribution in [2.75, 3.05) is 20.3 Å². The van der Waals surface area contributed by atoms with Crippen molar-refractivity contribution >= 4 is 15.9 Å². The molecule has 0 amide bonds. The van der Waals surface area contributed by atoms with Crippen molar-refractivity contribution in [2.45, 2.75) is 13.0 Å². The summed E-state index contributed by atoms with van der Waals surface area (Å²) in [5.41, 5.74) is 1.01. The summed E-state index contributed by atoms with van der Waals surface area (Å²) in [6.45, 7) is 3.44. The summed E-state index contributed by atoms with van der Waals surface area (Å²) in [4.78, 5) is 0. The van der Waals surface area contributed by atoms with Crippen LogP contribution in [0.4, 0.5) is 4.39 Å². The largest absolute Gasteiger partial charge is 0.383 e. The van der Waals surface area contributed by atoms with Crippen LogP contribution in [0.25, 0.3) is 0 Å². The zero-order valence-corrected chi connectivity index (χ0v) is 10.5. The van der Waals surface area contributed by atoms with E-state index < -0.39 is 0 Å². The molecular formula is C11H15BrFNO. The molecule has 15 heavy (non-hydrogen) atoms. The van der Waals surface area contributed by atoms with E-state index in [9.17, 15) is 4.39 Å². The standard InChI is InChI=1S/C11H15BrFNO/c1-3-14-11(7-15-2)9-5-4-8(13)6-10(9)12/h4-6,11,14H,3,7H2,1-2H3. The van der Waals surface area contributed by atoms with Crippen molar-refractivity contribution in [3.05, 3.63) is 34.1 Å². The van der Waals surface area contributed by atoms with Gasteiger partial charge in [-0.3, -0.25) is 0 Å². The first-order valence-corrected chi connectivity index (χ1v) is 5.65. The molecule has 0 radical (unpaired) electrons. The van der Waals surface area contributed by atoms with Crippen LogP contribution in [-0.4, -0.2) is 20.3 Å². The fraction of sp³-hybridized carbons (Fsp3) is 0.455.